The second-order valence-corrected chi connectivity index (χ2v) is 8.52. The third-order valence-electron chi connectivity index (χ3n) is 4.32. The van der Waals surface area contributed by atoms with Gasteiger partial charge in [-0.3, -0.25) is 9.52 Å². The zero-order valence-corrected chi connectivity index (χ0v) is 17.2. The van der Waals surface area contributed by atoms with Crippen LogP contribution in [0, 0.1) is 0 Å². The minimum Gasteiger partial charge on any atom is -0.486 e. The number of rotatable bonds is 5. The van der Waals surface area contributed by atoms with Crippen molar-refractivity contribution in [2.24, 2.45) is 0 Å². The molecule has 2 N–H and O–H groups in total. The summed E-state index contributed by atoms with van der Waals surface area (Å²) in [6, 6.07) is 17.5. The number of benzene rings is 3. The lowest BCUT2D eigenvalue weighted by Gasteiger charge is -2.19. The quantitative estimate of drug-likeness (QED) is 0.616. The van der Waals surface area contributed by atoms with Crippen molar-refractivity contribution in [3.63, 3.8) is 0 Å². The van der Waals surface area contributed by atoms with Crippen LogP contribution in [0.2, 0.25) is 5.02 Å². The molecule has 0 saturated heterocycles. The number of para-hydroxylation sites is 1. The molecule has 1 aliphatic rings. The number of hydrogen-bond acceptors (Lipinski definition) is 5. The summed E-state index contributed by atoms with van der Waals surface area (Å²) < 4.78 is 39.1. The summed E-state index contributed by atoms with van der Waals surface area (Å²) in [5.74, 6) is 0.499. The third-order valence-corrected chi connectivity index (χ3v) is 6.03. The molecule has 0 aliphatic carbocycles. The molecular weight excluding hydrogens is 428 g/mol. The number of carbonyl (C=O) groups excluding carboxylic acids is 1. The first-order chi connectivity index (χ1) is 14.4. The summed E-state index contributed by atoms with van der Waals surface area (Å²) in [4.78, 5) is 12.5. The van der Waals surface area contributed by atoms with Gasteiger partial charge in [0.1, 0.15) is 13.2 Å². The molecule has 0 saturated carbocycles. The Bertz CT molecular complexity index is 1200. The highest BCUT2D eigenvalue weighted by Gasteiger charge is 2.20. The molecule has 1 aliphatic heterocycles. The maximum atomic E-state index is 12.9. The van der Waals surface area contributed by atoms with E-state index in [1.54, 1.807) is 42.5 Å². The fraction of sp³-hybridized carbons (Fsp3) is 0.0952. The number of ether oxygens (including phenoxy) is 2. The van der Waals surface area contributed by atoms with E-state index in [4.69, 9.17) is 21.1 Å². The first-order valence-electron chi connectivity index (χ1n) is 9.01. The van der Waals surface area contributed by atoms with Crippen molar-refractivity contribution in [1.29, 1.82) is 0 Å². The number of anilines is 2. The van der Waals surface area contributed by atoms with Crippen LogP contribution < -0.4 is 19.5 Å². The number of carbonyl (C=O) groups is 1. The van der Waals surface area contributed by atoms with Crippen LogP contribution in [0.3, 0.4) is 0 Å². The Morgan fingerprint density at radius 3 is 2.37 bits per heavy atom. The maximum absolute atomic E-state index is 12.9. The molecule has 1 amide bonds. The van der Waals surface area contributed by atoms with Crippen molar-refractivity contribution in [3.05, 3.63) is 77.3 Å². The number of fused-ring (bicyclic) bond motifs is 1. The second kappa shape index (κ2) is 8.25. The Morgan fingerprint density at radius 2 is 1.60 bits per heavy atom. The second-order valence-electron chi connectivity index (χ2n) is 6.43. The van der Waals surface area contributed by atoms with Crippen LogP contribution >= 0.6 is 11.6 Å². The maximum Gasteiger partial charge on any atom is 0.261 e. The summed E-state index contributed by atoms with van der Waals surface area (Å²) in [5.41, 5.74) is 0.927. The highest BCUT2D eigenvalue weighted by molar-refractivity contribution is 7.92. The van der Waals surface area contributed by atoms with E-state index in [1.165, 1.54) is 18.2 Å². The molecular formula is C21H17ClN2O5S. The Balaban J connectivity index is 1.58. The SMILES string of the molecule is O=C(Nc1ccccc1)c1cc(S(=O)(=O)Nc2ccc3c(c2)OCCO3)ccc1Cl. The van der Waals surface area contributed by atoms with Gasteiger partial charge in [0, 0.05) is 11.8 Å². The molecule has 0 bridgehead atoms. The van der Waals surface area contributed by atoms with E-state index in [2.05, 4.69) is 10.0 Å². The van der Waals surface area contributed by atoms with Gasteiger partial charge in [-0.2, -0.15) is 0 Å². The average molecular weight is 445 g/mol. The Kier molecular flexibility index (Phi) is 5.52. The lowest BCUT2D eigenvalue weighted by Crippen LogP contribution is -2.17. The highest BCUT2D eigenvalue weighted by atomic mass is 35.5. The predicted molar refractivity (Wildman–Crippen MR) is 114 cm³/mol. The van der Waals surface area contributed by atoms with Crippen LogP contribution in [0.25, 0.3) is 0 Å². The first kappa shape index (κ1) is 20.1. The molecule has 7 nitrogen and oxygen atoms in total. The smallest absolute Gasteiger partial charge is 0.261 e. The molecule has 9 heteroatoms. The molecule has 1 heterocycles. The fourth-order valence-corrected chi connectivity index (χ4v) is 4.17. The minimum atomic E-state index is -3.97. The molecule has 30 heavy (non-hydrogen) atoms. The summed E-state index contributed by atoms with van der Waals surface area (Å²) in [7, 11) is -3.97. The molecule has 0 spiro atoms. The minimum absolute atomic E-state index is 0.0468. The third kappa shape index (κ3) is 4.34. The molecule has 0 fully saturated rings. The van der Waals surface area contributed by atoms with Gasteiger partial charge < -0.3 is 14.8 Å². The summed E-state index contributed by atoms with van der Waals surface area (Å²) >= 11 is 6.14. The van der Waals surface area contributed by atoms with Crippen molar-refractivity contribution in [1.82, 2.24) is 0 Å². The van der Waals surface area contributed by atoms with Crippen molar-refractivity contribution < 1.29 is 22.7 Å². The highest BCUT2D eigenvalue weighted by Crippen LogP contribution is 2.33. The number of sulfonamides is 1. The Hall–Kier alpha value is -3.23. The van der Waals surface area contributed by atoms with E-state index in [-0.39, 0.29) is 15.5 Å². The molecule has 0 aromatic heterocycles. The molecule has 154 valence electrons. The van der Waals surface area contributed by atoms with E-state index in [9.17, 15) is 13.2 Å². The molecule has 3 aromatic carbocycles. The van der Waals surface area contributed by atoms with Gasteiger partial charge in [-0.05, 0) is 42.5 Å². The lowest BCUT2D eigenvalue weighted by atomic mass is 10.2. The molecule has 4 rings (SSSR count). The van der Waals surface area contributed by atoms with E-state index in [0.29, 0.717) is 36.1 Å². The fourth-order valence-electron chi connectivity index (χ4n) is 2.89. The number of amides is 1. The zero-order valence-electron chi connectivity index (χ0n) is 15.6. The standard InChI is InChI=1S/C21H17ClN2O5S/c22-18-8-7-16(13-17(18)21(25)23-14-4-2-1-3-5-14)30(26,27)24-15-6-9-19-20(12-15)29-11-10-28-19/h1-9,12-13,24H,10-11H2,(H,23,25). The predicted octanol–water partition coefficient (Wildman–Crippen LogP) is 4.16. The van der Waals surface area contributed by atoms with Gasteiger partial charge in [0.25, 0.3) is 15.9 Å². The van der Waals surface area contributed by atoms with Crippen LogP contribution in [0.4, 0.5) is 11.4 Å². The van der Waals surface area contributed by atoms with E-state index < -0.39 is 15.9 Å². The topological polar surface area (TPSA) is 93.7 Å². The zero-order chi connectivity index (χ0) is 21.1. The van der Waals surface area contributed by atoms with Crippen LogP contribution in [0.1, 0.15) is 10.4 Å². The van der Waals surface area contributed by atoms with Crippen LogP contribution in [0.15, 0.2) is 71.6 Å². The summed E-state index contributed by atoms with van der Waals surface area (Å²) in [5, 5.41) is 2.83. The molecule has 0 atom stereocenters. The normalized spacial score (nSPS) is 12.8. The van der Waals surface area contributed by atoms with E-state index in [1.807, 2.05) is 6.07 Å². The Labute approximate surface area is 178 Å². The molecule has 3 aromatic rings. The monoisotopic (exact) mass is 444 g/mol. The number of nitrogens with one attached hydrogen (secondary N) is 2. The van der Waals surface area contributed by atoms with Gasteiger partial charge in [0.2, 0.25) is 0 Å². The van der Waals surface area contributed by atoms with Gasteiger partial charge >= 0.3 is 0 Å². The van der Waals surface area contributed by atoms with Crippen LogP contribution in [-0.2, 0) is 10.0 Å². The van der Waals surface area contributed by atoms with Crippen molar-refractivity contribution >= 4 is 38.9 Å². The number of halogens is 1. The van der Waals surface area contributed by atoms with E-state index in [0.717, 1.165) is 0 Å². The Morgan fingerprint density at radius 1 is 0.867 bits per heavy atom. The lowest BCUT2D eigenvalue weighted by molar-refractivity contribution is 0.102. The van der Waals surface area contributed by atoms with Gasteiger partial charge in [-0.1, -0.05) is 29.8 Å². The van der Waals surface area contributed by atoms with Gasteiger partial charge in [-0.15, -0.1) is 0 Å². The number of hydrogen-bond donors (Lipinski definition) is 2. The molecule has 0 unspecified atom stereocenters. The van der Waals surface area contributed by atoms with Crippen molar-refractivity contribution in [2.45, 2.75) is 4.90 Å². The average Bonchev–Trinajstić information content (AvgIpc) is 2.74. The summed E-state index contributed by atoms with van der Waals surface area (Å²) in [6.07, 6.45) is 0. The summed E-state index contributed by atoms with van der Waals surface area (Å²) in [6.45, 7) is 0.830. The largest absolute Gasteiger partial charge is 0.486 e. The van der Waals surface area contributed by atoms with Gasteiger partial charge in [0.05, 0.1) is 21.2 Å². The van der Waals surface area contributed by atoms with Crippen molar-refractivity contribution in [2.75, 3.05) is 23.3 Å². The first-order valence-corrected chi connectivity index (χ1v) is 10.9. The molecule has 0 radical (unpaired) electrons. The van der Waals surface area contributed by atoms with Crippen LogP contribution in [-0.4, -0.2) is 27.5 Å². The van der Waals surface area contributed by atoms with Crippen LogP contribution in [0.5, 0.6) is 11.5 Å². The van der Waals surface area contributed by atoms with Crippen molar-refractivity contribution in [3.8, 4) is 11.5 Å². The van der Waals surface area contributed by atoms with Gasteiger partial charge in [-0.25, -0.2) is 8.42 Å². The van der Waals surface area contributed by atoms with Gasteiger partial charge in [0.15, 0.2) is 11.5 Å². The van der Waals surface area contributed by atoms with E-state index >= 15 is 0 Å².